The maximum atomic E-state index is 11.2. The summed E-state index contributed by atoms with van der Waals surface area (Å²) in [6.45, 7) is 4.60. The predicted molar refractivity (Wildman–Crippen MR) is 68.2 cm³/mol. The topological polar surface area (TPSA) is 58.4 Å². The number of carbonyl (C=O) groups is 1. The molecule has 1 aromatic rings. The first-order valence-electron chi connectivity index (χ1n) is 6.69. The average molecular weight is 251 g/mol. The number of nitrogens with zero attached hydrogens (tertiary/aromatic N) is 3. The highest BCUT2D eigenvalue weighted by Crippen LogP contribution is 2.19. The lowest BCUT2D eigenvalue weighted by Gasteiger charge is -2.32. The van der Waals surface area contributed by atoms with E-state index in [0.717, 1.165) is 44.3 Å². The van der Waals surface area contributed by atoms with Crippen molar-refractivity contribution in [3.63, 3.8) is 0 Å². The molecule has 5 heteroatoms. The summed E-state index contributed by atoms with van der Waals surface area (Å²) in [5.41, 5.74) is 1.11. The van der Waals surface area contributed by atoms with Crippen molar-refractivity contribution in [3.05, 3.63) is 18.0 Å². The lowest BCUT2D eigenvalue weighted by atomic mass is 10.0. The minimum atomic E-state index is -0.698. The van der Waals surface area contributed by atoms with E-state index in [1.54, 1.807) is 0 Å². The van der Waals surface area contributed by atoms with Gasteiger partial charge in [0, 0.05) is 24.8 Å². The van der Waals surface area contributed by atoms with Crippen LogP contribution >= 0.6 is 0 Å². The molecule has 1 aromatic heterocycles. The van der Waals surface area contributed by atoms with Gasteiger partial charge in [-0.1, -0.05) is 13.3 Å². The van der Waals surface area contributed by atoms with Crippen LogP contribution in [0.25, 0.3) is 0 Å². The van der Waals surface area contributed by atoms with Gasteiger partial charge in [-0.3, -0.25) is 14.4 Å². The van der Waals surface area contributed by atoms with Gasteiger partial charge in [0.2, 0.25) is 0 Å². The van der Waals surface area contributed by atoms with E-state index in [9.17, 15) is 9.90 Å². The fraction of sp³-hybridized carbons (Fsp3) is 0.692. The van der Waals surface area contributed by atoms with Crippen molar-refractivity contribution in [1.29, 1.82) is 0 Å². The Kier molecular flexibility index (Phi) is 4.36. The molecule has 100 valence electrons. The van der Waals surface area contributed by atoms with Crippen molar-refractivity contribution >= 4 is 5.97 Å². The highest BCUT2D eigenvalue weighted by atomic mass is 16.4. The first kappa shape index (κ1) is 13.1. The van der Waals surface area contributed by atoms with Crippen LogP contribution in [0.2, 0.25) is 0 Å². The van der Waals surface area contributed by atoms with E-state index in [0.29, 0.717) is 6.54 Å². The minimum absolute atomic E-state index is 0.326. The van der Waals surface area contributed by atoms with E-state index in [1.807, 2.05) is 17.1 Å². The molecule has 2 heterocycles. The number of piperidine rings is 1. The second-order valence-corrected chi connectivity index (χ2v) is 4.93. The minimum Gasteiger partial charge on any atom is -0.480 e. The Balaban J connectivity index is 1.99. The van der Waals surface area contributed by atoms with Crippen LogP contribution in [0.5, 0.6) is 0 Å². The van der Waals surface area contributed by atoms with Gasteiger partial charge in [-0.15, -0.1) is 0 Å². The number of hydrogen-bond acceptors (Lipinski definition) is 3. The molecule has 1 aliphatic heterocycles. The highest BCUT2D eigenvalue weighted by molar-refractivity contribution is 5.73. The second kappa shape index (κ2) is 6.00. The van der Waals surface area contributed by atoms with Crippen LogP contribution in [0, 0.1) is 0 Å². The summed E-state index contributed by atoms with van der Waals surface area (Å²) in [5.74, 6) is -0.698. The number of rotatable bonds is 5. The molecule has 0 saturated carbocycles. The highest BCUT2D eigenvalue weighted by Gasteiger charge is 2.28. The number of likely N-dealkylation sites (tertiary alicyclic amines) is 1. The Labute approximate surface area is 107 Å². The van der Waals surface area contributed by atoms with Crippen molar-refractivity contribution in [2.45, 2.75) is 51.7 Å². The molecule has 1 N–H and O–H groups in total. The molecule has 1 atom stereocenters. The summed E-state index contributed by atoms with van der Waals surface area (Å²) < 4.78 is 1.93. The number of carboxylic acids is 1. The van der Waals surface area contributed by atoms with Gasteiger partial charge < -0.3 is 5.11 Å². The SMILES string of the molecule is CCCn1cc(CN2CCCCC2C(=O)O)cn1. The van der Waals surface area contributed by atoms with Gasteiger partial charge in [-0.2, -0.15) is 5.10 Å². The van der Waals surface area contributed by atoms with Crippen LogP contribution < -0.4 is 0 Å². The van der Waals surface area contributed by atoms with E-state index in [2.05, 4.69) is 16.9 Å². The van der Waals surface area contributed by atoms with Gasteiger partial charge in [-0.05, 0) is 25.8 Å². The van der Waals surface area contributed by atoms with Crippen LogP contribution in [0.4, 0.5) is 0 Å². The van der Waals surface area contributed by atoms with Crippen molar-refractivity contribution < 1.29 is 9.90 Å². The van der Waals surface area contributed by atoms with Gasteiger partial charge in [0.1, 0.15) is 6.04 Å². The molecule has 18 heavy (non-hydrogen) atoms. The molecule has 0 aliphatic carbocycles. The van der Waals surface area contributed by atoms with Gasteiger partial charge in [0.25, 0.3) is 0 Å². The molecule has 0 spiro atoms. The maximum absolute atomic E-state index is 11.2. The van der Waals surface area contributed by atoms with E-state index in [-0.39, 0.29) is 6.04 Å². The fourth-order valence-corrected chi connectivity index (χ4v) is 2.53. The molecule has 1 unspecified atom stereocenters. The van der Waals surface area contributed by atoms with E-state index >= 15 is 0 Å². The Bertz CT molecular complexity index is 403. The van der Waals surface area contributed by atoms with E-state index < -0.39 is 5.97 Å². The normalized spacial score (nSPS) is 21.1. The Morgan fingerprint density at radius 3 is 3.11 bits per heavy atom. The van der Waals surface area contributed by atoms with Gasteiger partial charge in [0.15, 0.2) is 0 Å². The zero-order chi connectivity index (χ0) is 13.0. The summed E-state index contributed by atoms with van der Waals surface area (Å²) in [6, 6.07) is -0.326. The third kappa shape index (κ3) is 3.10. The molecule has 0 amide bonds. The van der Waals surface area contributed by atoms with Crippen LogP contribution in [0.1, 0.15) is 38.2 Å². The Morgan fingerprint density at radius 1 is 1.56 bits per heavy atom. The lowest BCUT2D eigenvalue weighted by Crippen LogP contribution is -2.43. The maximum Gasteiger partial charge on any atom is 0.320 e. The third-order valence-corrected chi connectivity index (χ3v) is 3.42. The first-order valence-corrected chi connectivity index (χ1v) is 6.69. The molecule has 1 fully saturated rings. The zero-order valence-electron chi connectivity index (χ0n) is 10.9. The third-order valence-electron chi connectivity index (χ3n) is 3.42. The molecule has 1 aliphatic rings. The van der Waals surface area contributed by atoms with Crippen LogP contribution in [0.3, 0.4) is 0 Å². The molecule has 2 rings (SSSR count). The monoisotopic (exact) mass is 251 g/mol. The van der Waals surface area contributed by atoms with E-state index in [1.165, 1.54) is 0 Å². The second-order valence-electron chi connectivity index (χ2n) is 4.93. The Morgan fingerprint density at radius 2 is 2.39 bits per heavy atom. The fourth-order valence-electron chi connectivity index (χ4n) is 2.53. The summed E-state index contributed by atoms with van der Waals surface area (Å²) in [5, 5.41) is 13.5. The number of carboxylic acid groups (broad SMARTS) is 1. The van der Waals surface area contributed by atoms with E-state index in [4.69, 9.17) is 0 Å². The van der Waals surface area contributed by atoms with Gasteiger partial charge in [0.05, 0.1) is 6.20 Å². The number of aliphatic carboxylic acids is 1. The quantitative estimate of drug-likeness (QED) is 0.866. The van der Waals surface area contributed by atoms with Crippen molar-refractivity contribution in [3.8, 4) is 0 Å². The predicted octanol–water partition coefficient (Wildman–Crippen LogP) is 1.73. The first-order chi connectivity index (χ1) is 8.70. The lowest BCUT2D eigenvalue weighted by molar-refractivity contribution is -0.144. The van der Waals surface area contributed by atoms with Crippen molar-refractivity contribution in [2.75, 3.05) is 6.54 Å². The molecule has 0 bridgehead atoms. The molecular formula is C13H21N3O2. The number of aromatic nitrogens is 2. The number of aryl methyl sites for hydroxylation is 1. The average Bonchev–Trinajstić information content (AvgIpc) is 2.77. The summed E-state index contributed by atoms with van der Waals surface area (Å²) in [7, 11) is 0. The molecule has 5 nitrogen and oxygen atoms in total. The molecular weight excluding hydrogens is 230 g/mol. The standard InChI is InChI=1S/C13H21N3O2/c1-2-6-16-10-11(8-14-16)9-15-7-4-3-5-12(15)13(17)18/h8,10,12H,2-7,9H2,1H3,(H,17,18). The Hall–Kier alpha value is -1.36. The largest absolute Gasteiger partial charge is 0.480 e. The summed E-state index contributed by atoms with van der Waals surface area (Å²) in [6.07, 6.45) is 7.80. The molecule has 0 aromatic carbocycles. The van der Waals surface area contributed by atoms with Crippen LogP contribution in [-0.2, 0) is 17.9 Å². The van der Waals surface area contributed by atoms with Crippen LogP contribution in [0.15, 0.2) is 12.4 Å². The zero-order valence-corrected chi connectivity index (χ0v) is 10.9. The molecule has 0 radical (unpaired) electrons. The van der Waals surface area contributed by atoms with Crippen molar-refractivity contribution in [1.82, 2.24) is 14.7 Å². The van der Waals surface area contributed by atoms with Gasteiger partial charge >= 0.3 is 5.97 Å². The van der Waals surface area contributed by atoms with Crippen molar-refractivity contribution in [2.24, 2.45) is 0 Å². The smallest absolute Gasteiger partial charge is 0.320 e. The molecule has 1 saturated heterocycles. The van der Waals surface area contributed by atoms with Gasteiger partial charge in [-0.25, -0.2) is 0 Å². The summed E-state index contributed by atoms with van der Waals surface area (Å²) >= 11 is 0. The van der Waals surface area contributed by atoms with Crippen LogP contribution in [-0.4, -0.2) is 38.3 Å². The number of hydrogen-bond donors (Lipinski definition) is 1. The summed E-state index contributed by atoms with van der Waals surface area (Å²) in [4.78, 5) is 13.3.